The van der Waals surface area contributed by atoms with Crippen LogP contribution < -0.4 is 0 Å². The van der Waals surface area contributed by atoms with Gasteiger partial charge in [0, 0.05) is 33.3 Å². The highest BCUT2D eigenvalue weighted by Crippen LogP contribution is 2.45. The highest BCUT2D eigenvalue weighted by molar-refractivity contribution is 8.00. The zero-order valence-electron chi connectivity index (χ0n) is 17.3. The number of halogens is 1. The van der Waals surface area contributed by atoms with Gasteiger partial charge in [0.2, 0.25) is 0 Å². The molecule has 29 heavy (non-hydrogen) atoms. The normalized spacial score (nSPS) is 26.4. The van der Waals surface area contributed by atoms with E-state index < -0.39 is 6.10 Å². The molecule has 0 amide bonds. The lowest BCUT2D eigenvalue weighted by Gasteiger charge is -2.44. The number of phenolic OH excluding ortho intramolecular Hbond substituents is 1. The zero-order chi connectivity index (χ0) is 20.7. The Morgan fingerprint density at radius 2 is 1.59 bits per heavy atom. The van der Waals surface area contributed by atoms with E-state index in [1.54, 1.807) is 0 Å². The molecule has 2 N–H and O–H groups in total. The van der Waals surface area contributed by atoms with Gasteiger partial charge in [0.1, 0.15) is 5.75 Å². The summed E-state index contributed by atoms with van der Waals surface area (Å²) in [6, 6.07) is 13.1. The Balaban J connectivity index is 1.45. The van der Waals surface area contributed by atoms with Crippen LogP contribution in [0.25, 0.3) is 0 Å². The van der Waals surface area contributed by atoms with Gasteiger partial charge in [-0.1, -0.05) is 11.6 Å². The first-order chi connectivity index (χ1) is 13.8. The number of nitrogens with zero attached hydrogens (tertiary/aromatic N) is 1. The van der Waals surface area contributed by atoms with Gasteiger partial charge in [0.15, 0.2) is 0 Å². The summed E-state index contributed by atoms with van der Waals surface area (Å²) in [6.45, 7) is 5.94. The van der Waals surface area contributed by atoms with E-state index in [0.717, 1.165) is 34.6 Å². The number of rotatable bonds is 5. The molecule has 3 nitrogen and oxygen atoms in total. The number of benzene rings is 2. The Labute approximate surface area is 183 Å². The lowest BCUT2D eigenvalue weighted by molar-refractivity contribution is 0.0114. The molecule has 0 radical (unpaired) electrons. The number of aromatic hydroxyl groups is 1. The number of hydrogen-bond donors (Lipinski definition) is 2. The number of fused-ring (bicyclic) bond motifs is 2. The third-order valence-electron chi connectivity index (χ3n) is 6.64. The maximum atomic E-state index is 11.1. The summed E-state index contributed by atoms with van der Waals surface area (Å²) in [5.74, 6) is 0.328. The van der Waals surface area contributed by atoms with E-state index in [2.05, 4.69) is 24.0 Å². The van der Waals surface area contributed by atoms with Crippen LogP contribution in [0, 0.1) is 13.8 Å². The van der Waals surface area contributed by atoms with E-state index in [1.165, 1.54) is 17.7 Å². The number of hydrogen-bond acceptors (Lipinski definition) is 4. The molecule has 2 aromatic rings. The van der Waals surface area contributed by atoms with Gasteiger partial charge in [-0.15, -0.1) is 11.8 Å². The smallest absolute Gasteiger partial charge is 0.121 e. The van der Waals surface area contributed by atoms with E-state index in [1.807, 2.05) is 49.9 Å². The third kappa shape index (κ3) is 4.32. The first-order valence-corrected chi connectivity index (χ1v) is 11.8. The average molecular weight is 432 g/mol. The van der Waals surface area contributed by atoms with Crippen molar-refractivity contribution in [3.63, 3.8) is 0 Å². The van der Waals surface area contributed by atoms with E-state index in [9.17, 15) is 10.2 Å². The number of aliphatic hydroxyl groups is 1. The monoisotopic (exact) mass is 431 g/mol. The van der Waals surface area contributed by atoms with Crippen molar-refractivity contribution in [2.75, 3.05) is 0 Å². The van der Waals surface area contributed by atoms with Crippen LogP contribution in [0.5, 0.6) is 5.75 Å². The van der Waals surface area contributed by atoms with Crippen molar-refractivity contribution < 1.29 is 10.2 Å². The average Bonchev–Trinajstić information content (AvgIpc) is 2.96. The number of piperidine rings is 1. The minimum atomic E-state index is -0.545. The Morgan fingerprint density at radius 1 is 1.03 bits per heavy atom. The molecule has 2 unspecified atom stereocenters. The zero-order valence-corrected chi connectivity index (χ0v) is 18.9. The Morgan fingerprint density at radius 3 is 2.14 bits per heavy atom. The molecule has 0 spiro atoms. The Kier molecular flexibility index (Phi) is 6.17. The van der Waals surface area contributed by atoms with Crippen molar-refractivity contribution >= 4 is 23.4 Å². The van der Waals surface area contributed by atoms with E-state index in [0.29, 0.717) is 23.1 Å². The predicted molar refractivity (Wildman–Crippen MR) is 121 cm³/mol. The molecular formula is C24H30ClNO2S. The maximum Gasteiger partial charge on any atom is 0.121 e. The third-order valence-corrected chi connectivity index (χ3v) is 8.16. The molecular weight excluding hydrogens is 402 g/mol. The van der Waals surface area contributed by atoms with Gasteiger partial charge in [-0.05, 0) is 99.5 Å². The van der Waals surface area contributed by atoms with Gasteiger partial charge < -0.3 is 10.2 Å². The molecule has 156 valence electrons. The second-order valence-electron chi connectivity index (χ2n) is 8.69. The summed E-state index contributed by atoms with van der Waals surface area (Å²) in [7, 11) is 0. The summed E-state index contributed by atoms with van der Waals surface area (Å²) in [6.07, 6.45) is 4.21. The van der Waals surface area contributed by atoms with Crippen molar-refractivity contribution in [1.82, 2.24) is 4.90 Å². The lowest BCUT2D eigenvalue weighted by Crippen LogP contribution is -2.50. The topological polar surface area (TPSA) is 43.7 Å². The minimum absolute atomic E-state index is 0.0670. The molecule has 2 fully saturated rings. The van der Waals surface area contributed by atoms with Crippen molar-refractivity contribution in [3.05, 3.63) is 58.1 Å². The van der Waals surface area contributed by atoms with Crippen molar-refractivity contribution in [1.29, 1.82) is 0 Å². The first kappa shape index (κ1) is 21.0. The predicted octanol–water partition coefficient (Wildman–Crippen LogP) is 5.87. The molecule has 4 atom stereocenters. The Bertz CT molecular complexity index is 835. The number of aryl methyl sites for hydroxylation is 2. The minimum Gasteiger partial charge on any atom is -0.507 e. The lowest BCUT2D eigenvalue weighted by atomic mass is 9.93. The standard InChI is InChI=1S/C24H30ClNO2S/c1-14-10-17(11-15(2)23(14)27)24(28)16(3)26-19-6-7-20(26)13-22(12-19)29-21-8-4-18(25)5-9-21/h4-5,8-11,16,19-20,22,24,27-28H,6-7,12-13H2,1-3H3/t16-,19?,20?,22?,24+/m1/s1. The quantitative estimate of drug-likeness (QED) is 0.621. The molecule has 5 heteroatoms. The molecule has 2 saturated heterocycles. The first-order valence-electron chi connectivity index (χ1n) is 10.5. The molecule has 2 aromatic carbocycles. The summed E-state index contributed by atoms with van der Waals surface area (Å²) in [4.78, 5) is 3.86. The molecule has 2 bridgehead atoms. The van der Waals surface area contributed by atoms with Crippen molar-refractivity contribution in [3.8, 4) is 5.75 Å². The second kappa shape index (κ2) is 8.50. The summed E-state index contributed by atoms with van der Waals surface area (Å²) >= 11 is 7.99. The van der Waals surface area contributed by atoms with E-state index in [-0.39, 0.29) is 6.04 Å². The van der Waals surface area contributed by atoms with Crippen molar-refractivity contribution in [2.45, 2.75) is 80.8 Å². The second-order valence-corrected chi connectivity index (χ2v) is 10.5. The molecule has 0 aliphatic carbocycles. The van der Waals surface area contributed by atoms with Gasteiger partial charge in [0.05, 0.1) is 6.10 Å². The fraction of sp³-hybridized carbons (Fsp3) is 0.500. The maximum absolute atomic E-state index is 11.1. The summed E-state index contributed by atoms with van der Waals surface area (Å²) in [5, 5.41) is 22.6. The molecule has 0 aromatic heterocycles. The van der Waals surface area contributed by atoms with Crippen molar-refractivity contribution in [2.24, 2.45) is 0 Å². The SMILES string of the molecule is Cc1cc([C@@H](O)[C@@H](C)N2C3CCC2CC(Sc2ccc(Cl)cc2)C3)cc(C)c1O. The number of thioether (sulfide) groups is 1. The Hall–Kier alpha value is -1.20. The van der Waals surface area contributed by atoms with Crippen LogP contribution in [-0.2, 0) is 0 Å². The summed E-state index contributed by atoms with van der Waals surface area (Å²) < 4.78 is 0. The molecule has 2 heterocycles. The highest BCUT2D eigenvalue weighted by atomic mass is 35.5. The van der Waals surface area contributed by atoms with Gasteiger partial charge in [-0.3, -0.25) is 4.90 Å². The van der Waals surface area contributed by atoms with Gasteiger partial charge in [-0.2, -0.15) is 0 Å². The highest BCUT2D eigenvalue weighted by Gasteiger charge is 2.44. The molecule has 0 saturated carbocycles. The summed E-state index contributed by atoms with van der Waals surface area (Å²) in [5.41, 5.74) is 2.56. The van der Waals surface area contributed by atoms with E-state index in [4.69, 9.17) is 11.6 Å². The van der Waals surface area contributed by atoms with Crippen LogP contribution in [0.1, 0.15) is 55.4 Å². The van der Waals surface area contributed by atoms with Crippen LogP contribution in [0.2, 0.25) is 5.02 Å². The van der Waals surface area contributed by atoms with Crippen LogP contribution in [-0.4, -0.2) is 38.5 Å². The number of aliphatic hydroxyl groups excluding tert-OH is 1. The van der Waals surface area contributed by atoms with Crippen LogP contribution in [0.4, 0.5) is 0 Å². The number of phenols is 1. The van der Waals surface area contributed by atoms with Crippen LogP contribution in [0.3, 0.4) is 0 Å². The molecule has 4 rings (SSSR count). The van der Waals surface area contributed by atoms with Crippen LogP contribution in [0.15, 0.2) is 41.3 Å². The molecule has 2 aliphatic rings. The van der Waals surface area contributed by atoms with E-state index >= 15 is 0 Å². The largest absolute Gasteiger partial charge is 0.507 e. The van der Waals surface area contributed by atoms with Gasteiger partial charge >= 0.3 is 0 Å². The van der Waals surface area contributed by atoms with Gasteiger partial charge in [0.25, 0.3) is 0 Å². The van der Waals surface area contributed by atoms with Crippen LogP contribution >= 0.6 is 23.4 Å². The van der Waals surface area contributed by atoms with Gasteiger partial charge in [-0.25, -0.2) is 0 Å². The molecule has 2 aliphatic heterocycles. The fourth-order valence-corrected chi connectivity index (χ4v) is 6.67. The fourth-order valence-electron chi connectivity index (χ4n) is 5.23.